The molecule has 3 aromatic carbocycles. The summed E-state index contributed by atoms with van der Waals surface area (Å²) in [4.78, 5) is 31.3. The van der Waals surface area contributed by atoms with Crippen LogP contribution in [0.15, 0.2) is 85.1 Å². The number of anilines is 2. The molecule has 5 nitrogen and oxygen atoms in total. The number of ether oxygens (including phenoxy) is 1. The standard InChI is InChI=1S/C28H21ClF2N2O3/c1-17-15-19(11-13-22(17)29)27(34)20-12-14-25(32-16-20)33(26-23(30)9-6-10-24(26)31)28(35)18(2)36-21-7-4-3-5-8-21/h3-16,18H,1-2H3. The highest BCUT2D eigenvalue weighted by atomic mass is 35.5. The van der Waals surface area contributed by atoms with Crippen LogP contribution in [0.3, 0.4) is 0 Å². The van der Waals surface area contributed by atoms with Gasteiger partial charge in [-0.1, -0.05) is 35.9 Å². The Kier molecular flexibility index (Phi) is 7.41. The normalized spacial score (nSPS) is 11.6. The largest absolute Gasteiger partial charge is 0.481 e. The van der Waals surface area contributed by atoms with Gasteiger partial charge in [0.1, 0.15) is 28.9 Å². The van der Waals surface area contributed by atoms with E-state index in [1.54, 1.807) is 55.5 Å². The molecule has 1 unspecified atom stereocenters. The Labute approximate surface area is 211 Å². The van der Waals surface area contributed by atoms with Crippen LogP contribution < -0.4 is 9.64 Å². The monoisotopic (exact) mass is 506 g/mol. The van der Waals surface area contributed by atoms with Gasteiger partial charge in [-0.15, -0.1) is 0 Å². The number of benzene rings is 3. The summed E-state index contributed by atoms with van der Waals surface area (Å²) in [5, 5.41) is 0.535. The quantitative estimate of drug-likeness (QED) is 0.262. The Bertz CT molecular complexity index is 1390. The van der Waals surface area contributed by atoms with Gasteiger partial charge in [0.25, 0.3) is 5.91 Å². The number of carbonyl (C=O) groups is 2. The van der Waals surface area contributed by atoms with Crippen molar-refractivity contribution in [2.75, 3.05) is 4.90 Å². The zero-order valence-corrected chi connectivity index (χ0v) is 20.2. The molecule has 1 amide bonds. The molecule has 0 aliphatic heterocycles. The number of aryl methyl sites for hydroxylation is 1. The summed E-state index contributed by atoms with van der Waals surface area (Å²) in [5.41, 5.74) is 0.789. The molecule has 0 saturated heterocycles. The molecule has 0 spiro atoms. The molecular weight excluding hydrogens is 486 g/mol. The highest BCUT2D eigenvalue weighted by molar-refractivity contribution is 6.31. The first-order valence-electron chi connectivity index (χ1n) is 11.0. The van der Waals surface area contributed by atoms with Crippen molar-refractivity contribution in [2.45, 2.75) is 20.0 Å². The van der Waals surface area contributed by atoms with Crippen LogP contribution in [0.25, 0.3) is 0 Å². The van der Waals surface area contributed by atoms with E-state index in [2.05, 4.69) is 4.98 Å². The van der Waals surface area contributed by atoms with Gasteiger partial charge in [-0.3, -0.25) is 14.5 Å². The highest BCUT2D eigenvalue weighted by Crippen LogP contribution is 2.31. The van der Waals surface area contributed by atoms with Crippen molar-refractivity contribution in [3.63, 3.8) is 0 Å². The van der Waals surface area contributed by atoms with Crippen molar-refractivity contribution < 1.29 is 23.1 Å². The molecule has 0 N–H and O–H groups in total. The van der Waals surface area contributed by atoms with Gasteiger partial charge >= 0.3 is 0 Å². The number of aromatic nitrogens is 1. The number of hydrogen-bond donors (Lipinski definition) is 0. The molecule has 1 atom stereocenters. The third-order valence-corrected chi connectivity index (χ3v) is 5.87. The van der Waals surface area contributed by atoms with E-state index in [4.69, 9.17) is 16.3 Å². The lowest BCUT2D eigenvalue weighted by molar-refractivity contribution is -0.123. The van der Waals surface area contributed by atoms with Gasteiger partial charge in [0.05, 0.1) is 0 Å². The Balaban J connectivity index is 1.69. The molecular formula is C28H21ClF2N2O3. The predicted molar refractivity (Wildman–Crippen MR) is 134 cm³/mol. The van der Waals surface area contributed by atoms with Crippen LogP contribution in [0.1, 0.15) is 28.4 Å². The highest BCUT2D eigenvalue weighted by Gasteiger charge is 2.30. The second-order valence-corrected chi connectivity index (χ2v) is 8.42. The fourth-order valence-electron chi connectivity index (χ4n) is 3.58. The van der Waals surface area contributed by atoms with Crippen LogP contribution >= 0.6 is 11.6 Å². The van der Waals surface area contributed by atoms with E-state index in [0.717, 1.165) is 22.6 Å². The average molecular weight is 507 g/mol. The maximum absolute atomic E-state index is 14.8. The lowest BCUT2D eigenvalue weighted by Crippen LogP contribution is -2.39. The molecule has 36 heavy (non-hydrogen) atoms. The Morgan fingerprint density at radius 2 is 1.58 bits per heavy atom. The van der Waals surface area contributed by atoms with Crippen LogP contribution in [0.2, 0.25) is 5.02 Å². The number of halogens is 3. The number of amides is 1. The van der Waals surface area contributed by atoms with Gasteiger partial charge in [0, 0.05) is 22.3 Å². The minimum Gasteiger partial charge on any atom is -0.481 e. The molecule has 0 aliphatic rings. The number of ketones is 1. The summed E-state index contributed by atoms with van der Waals surface area (Å²) in [6.45, 7) is 3.26. The molecule has 0 aliphatic carbocycles. The van der Waals surface area contributed by atoms with Crippen molar-refractivity contribution >= 4 is 34.8 Å². The third-order valence-electron chi connectivity index (χ3n) is 5.44. The third kappa shape index (κ3) is 5.26. The second-order valence-electron chi connectivity index (χ2n) is 8.02. The number of carbonyl (C=O) groups excluding carboxylic acids is 2. The van der Waals surface area contributed by atoms with Crippen molar-refractivity contribution in [3.8, 4) is 5.75 Å². The predicted octanol–water partition coefficient (Wildman–Crippen LogP) is 6.68. The van der Waals surface area contributed by atoms with Gasteiger partial charge < -0.3 is 4.74 Å². The van der Waals surface area contributed by atoms with Crippen molar-refractivity contribution in [1.82, 2.24) is 4.98 Å². The molecule has 8 heteroatoms. The Morgan fingerprint density at radius 1 is 0.917 bits per heavy atom. The molecule has 1 aromatic heterocycles. The van der Waals surface area contributed by atoms with E-state index in [-0.39, 0.29) is 17.2 Å². The van der Waals surface area contributed by atoms with E-state index in [0.29, 0.717) is 16.3 Å². The average Bonchev–Trinajstić information content (AvgIpc) is 2.88. The van der Waals surface area contributed by atoms with Crippen LogP contribution in [0.4, 0.5) is 20.3 Å². The van der Waals surface area contributed by atoms with Gasteiger partial charge in [-0.05, 0) is 74.0 Å². The topological polar surface area (TPSA) is 59.5 Å². The maximum Gasteiger partial charge on any atom is 0.273 e. The lowest BCUT2D eigenvalue weighted by Gasteiger charge is -2.26. The first kappa shape index (κ1) is 25.0. The molecule has 0 bridgehead atoms. The Morgan fingerprint density at radius 3 is 2.19 bits per heavy atom. The van der Waals surface area contributed by atoms with E-state index in [1.807, 2.05) is 0 Å². The van der Waals surface area contributed by atoms with E-state index < -0.39 is 29.3 Å². The number of hydrogen-bond acceptors (Lipinski definition) is 4. The first-order valence-corrected chi connectivity index (χ1v) is 11.4. The van der Waals surface area contributed by atoms with Crippen LogP contribution in [-0.4, -0.2) is 22.8 Å². The summed E-state index contributed by atoms with van der Waals surface area (Å²) in [7, 11) is 0. The summed E-state index contributed by atoms with van der Waals surface area (Å²) in [6, 6.07) is 19.6. The second kappa shape index (κ2) is 10.7. The summed E-state index contributed by atoms with van der Waals surface area (Å²) in [5.74, 6) is -2.62. The molecule has 0 fully saturated rings. The zero-order chi connectivity index (χ0) is 25.8. The van der Waals surface area contributed by atoms with Crippen LogP contribution in [-0.2, 0) is 4.79 Å². The van der Waals surface area contributed by atoms with E-state index in [9.17, 15) is 18.4 Å². The fraction of sp³-hybridized carbons (Fsp3) is 0.107. The van der Waals surface area contributed by atoms with E-state index in [1.165, 1.54) is 31.3 Å². The van der Waals surface area contributed by atoms with Gasteiger partial charge in [0.15, 0.2) is 11.9 Å². The minimum atomic E-state index is -1.11. The smallest absolute Gasteiger partial charge is 0.273 e. The molecule has 1 heterocycles. The van der Waals surface area contributed by atoms with Crippen LogP contribution in [0.5, 0.6) is 5.75 Å². The molecule has 4 aromatic rings. The van der Waals surface area contributed by atoms with Crippen molar-refractivity contribution in [2.24, 2.45) is 0 Å². The summed E-state index contributed by atoms with van der Waals surface area (Å²) >= 11 is 6.04. The zero-order valence-electron chi connectivity index (χ0n) is 19.4. The van der Waals surface area contributed by atoms with Crippen molar-refractivity contribution in [1.29, 1.82) is 0 Å². The lowest BCUT2D eigenvalue weighted by atomic mass is 10.0. The minimum absolute atomic E-state index is 0.0728. The summed E-state index contributed by atoms with van der Waals surface area (Å²) in [6.07, 6.45) is 0.148. The Hall–Kier alpha value is -4.10. The number of pyridine rings is 1. The van der Waals surface area contributed by atoms with Gasteiger partial charge in [0.2, 0.25) is 0 Å². The SMILES string of the molecule is Cc1cc(C(=O)c2ccc(N(C(=O)C(C)Oc3ccccc3)c3c(F)cccc3F)nc2)ccc1Cl. The van der Waals surface area contributed by atoms with E-state index >= 15 is 0 Å². The number of nitrogens with zero attached hydrogens (tertiary/aromatic N) is 2. The van der Waals surface area contributed by atoms with Crippen molar-refractivity contribution in [3.05, 3.63) is 118 Å². The molecule has 182 valence electrons. The summed E-state index contributed by atoms with van der Waals surface area (Å²) < 4.78 is 35.2. The molecule has 0 radical (unpaired) electrons. The maximum atomic E-state index is 14.8. The molecule has 0 saturated carbocycles. The van der Waals surface area contributed by atoms with Gasteiger partial charge in [-0.25, -0.2) is 13.8 Å². The fourth-order valence-corrected chi connectivity index (χ4v) is 3.70. The van der Waals surface area contributed by atoms with Crippen LogP contribution in [0, 0.1) is 18.6 Å². The first-order chi connectivity index (χ1) is 17.3. The number of para-hydroxylation sites is 2. The number of rotatable bonds is 7. The molecule has 4 rings (SSSR count). The van der Waals surface area contributed by atoms with Gasteiger partial charge in [-0.2, -0.15) is 0 Å².